The Bertz CT molecular complexity index is 769. The fourth-order valence-corrected chi connectivity index (χ4v) is 4.50. The van der Waals surface area contributed by atoms with E-state index in [1.807, 2.05) is 47.3 Å². The van der Waals surface area contributed by atoms with Crippen LogP contribution in [0, 0.1) is 17.8 Å². The average molecular weight is 337 g/mol. The largest absolute Gasteiger partial charge is 0.323 e. The molecule has 25 heavy (non-hydrogen) atoms. The summed E-state index contributed by atoms with van der Waals surface area (Å²) in [5, 5.41) is 0. The number of benzene rings is 1. The van der Waals surface area contributed by atoms with Crippen molar-refractivity contribution in [1.29, 1.82) is 0 Å². The highest BCUT2D eigenvalue weighted by Crippen LogP contribution is 2.49. The van der Waals surface area contributed by atoms with E-state index in [0.717, 1.165) is 11.6 Å². The van der Waals surface area contributed by atoms with Gasteiger partial charge in [0.25, 0.3) is 5.91 Å². The van der Waals surface area contributed by atoms with Gasteiger partial charge in [0.1, 0.15) is 0 Å². The van der Waals surface area contributed by atoms with Crippen LogP contribution in [0.5, 0.6) is 0 Å². The number of carbonyl (C=O) groups excluding carboxylic acids is 2. The van der Waals surface area contributed by atoms with Gasteiger partial charge in [0.2, 0.25) is 5.91 Å². The second-order valence-electron chi connectivity index (χ2n) is 7.25. The summed E-state index contributed by atoms with van der Waals surface area (Å²) in [5.41, 5.74) is 6.47. The van der Waals surface area contributed by atoms with Gasteiger partial charge < -0.3 is 4.57 Å². The lowest BCUT2D eigenvalue weighted by Crippen LogP contribution is -2.42. The molecule has 0 spiro atoms. The number of carbonyl (C=O) groups is 2. The van der Waals surface area contributed by atoms with E-state index in [-0.39, 0.29) is 11.8 Å². The molecule has 5 nitrogen and oxygen atoms in total. The molecule has 2 aliphatic rings. The van der Waals surface area contributed by atoms with Gasteiger partial charge in [-0.05, 0) is 61.3 Å². The van der Waals surface area contributed by atoms with Crippen LogP contribution in [0.15, 0.2) is 48.8 Å². The highest BCUT2D eigenvalue weighted by atomic mass is 16.2. The van der Waals surface area contributed by atoms with E-state index in [1.54, 1.807) is 6.07 Å². The van der Waals surface area contributed by atoms with Crippen molar-refractivity contribution in [3.63, 3.8) is 0 Å². The van der Waals surface area contributed by atoms with E-state index < -0.39 is 0 Å². The summed E-state index contributed by atoms with van der Waals surface area (Å²) in [5.74, 6) is 1.63. The molecule has 130 valence electrons. The maximum atomic E-state index is 12.5. The number of rotatable bonds is 4. The van der Waals surface area contributed by atoms with Crippen LogP contribution in [0.25, 0.3) is 5.69 Å². The van der Waals surface area contributed by atoms with Gasteiger partial charge in [-0.2, -0.15) is 0 Å². The molecule has 2 bridgehead atoms. The first-order chi connectivity index (χ1) is 12.2. The summed E-state index contributed by atoms with van der Waals surface area (Å²) in [6, 6.07) is 11.2. The molecule has 2 fully saturated rings. The van der Waals surface area contributed by atoms with Crippen LogP contribution in [0.4, 0.5) is 0 Å². The molecule has 0 aliphatic heterocycles. The Balaban J connectivity index is 1.36. The van der Waals surface area contributed by atoms with E-state index in [9.17, 15) is 9.59 Å². The number of aromatic nitrogens is 1. The maximum Gasteiger partial charge on any atom is 0.271 e. The first kappa shape index (κ1) is 15.9. The Hall–Kier alpha value is -2.56. The number of hydrazine groups is 1. The minimum absolute atomic E-state index is 0.0932. The van der Waals surface area contributed by atoms with Crippen molar-refractivity contribution in [1.82, 2.24) is 15.4 Å². The van der Waals surface area contributed by atoms with Gasteiger partial charge in [0, 0.05) is 18.8 Å². The van der Waals surface area contributed by atoms with Crippen LogP contribution < -0.4 is 10.9 Å². The Kier molecular flexibility index (Phi) is 4.30. The van der Waals surface area contributed by atoms with Gasteiger partial charge in [-0.25, -0.2) is 0 Å². The SMILES string of the molecule is O=C(C[C@H]1C[C@@H]2CC[C@@H]1C2)NNC(=O)c1ccccc1-n1cccc1. The number of nitrogens with one attached hydrogen (secondary N) is 2. The normalized spacial score (nSPS) is 24.2. The fraction of sp³-hybridized carbons (Fsp3) is 0.400. The predicted molar refractivity (Wildman–Crippen MR) is 94.9 cm³/mol. The molecule has 0 unspecified atom stereocenters. The Morgan fingerprint density at radius 1 is 1.00 bits per heavy atom. The van der Waals surface area contributed by atoms with Crippen molar-refractivity contribution in [2.24, 2.45) is 17.8 Å². The first-order valence-corrected chi connectivity index (χ1v) is 9.02. The van der Waals surface area contributed by atoms with Crippen molar-refractivity contribution < 1.29 is 9.59 Å². The lowest BCUT2D eigenvalue weighted by atomic mass is 9.86. The van der Waals surface area contributed by atoms with Crippen LogP contribution in [0.2, 0.25) is 0 Å². The molecule has 2 amide bonds. The van der Waals surface area contributed by atoms with Crippen LogP contribution in [-0.2, 0) is 4.79 Å². The summed E-state index contributed by atoms with van der Waals surface area (Å²) >= 11 is 0. The van der Waals surface area contributed by atoms with Gasteiger partial charge >= 0.3 is 0 Å². The molecule has 2 saturated carbocycles. The van der Waals surface area contributed by atoms with E-state index in [1.165, 1.54) is 25.7 Å². The molecular weight excluding hydrogens is 314 g/mol. The smallest absolute Gasteiger partial charge is 0.271 e. The third kappa shape index (κ3) is 3.31. The highest BCUT2D eigenvalue weighted by molar-refractivity contribution is 5.98. The van der Waals surface area contributed by atoms with Gasteiger partial charge in [-0.1, -0.05) is 18.6 Å². The number of nitrogens with zero attached hydrogens (tertiary/aromatic N) is 1. The summed E-state index contributed by atoms with van der Waals surface area (Å²) in [6.45, 7) is 0. The van der Waals surface area contributed by atoms with E-state index in [0.29, 0.717) is 23.8 Å². The topological polar surface area (TPSA) is 63.1 Å². The zero-order valence-corrected chi connectivity index (χ0v) is 14.2. The Morgan fingerprint density at radius 2 is 1.80 bits per heavy atom. The first-order valence-electron chi connectivity index (χ1n) is 9.02. The van der Waals surface area contributed by atoms with E-state index in [2.05, 4.69) is 10.9 Å². The minimum atomic E-state index is -0.300. The molecular formula is C20H23N3O2. The highest BCUT2D eigenvalue weighted by Gasteiger charge is 2.40. The molecule has 0 radical (unpaired) electrons. The molecule has 2 aromatic rings. The van der Waals surface area contributed by atoms with Crippen LogP contribution >= 0.6 is 0 Å². The summed E-state index contributed by atoms with van der Waals surface area (Å²) in [4.78, 5) is 24.7. The monoisotopic (exact) mass is 337 g/mol. The third-order valence-corrected chi connectivity index (χ3v) is 5.68. The van der Waals surface area contributed by atoms with Crippen molar-refractivity contribution in [2.45, 2.75) is 32.1 Å². The molecule has 1 heterocycles. The third-order valence-electron chi connectivity index (χ3n) is 5.68. The van der Waals surface area contributed by atoms with Gasteiger partial charge in [0.05, 0.1) is 11.3 Å². The molecule has 1 aromatic carbocycles. The number of hydrogen-bond acceptors (Lipinski definition) is 2. The summed E-state index contributed by atoms with van der Waals surface area (Å²) in [7, 11) is 0. The zero-order chi connectivity index (χ0) is 17.2. The zero-order valence-electron chi connectivity index (χ0n) is 14.2. The summed E-state index contributed by atoms with van der Waals surface area (Å²) < 4.78 is 1.88. The molecule has 0 saturated heterocycles. The minimum Gasteiger partial charge on any atom is -0.323 e. The second-order valence-corrected chi connectivity index (χ2v) is 7.25. The predicted octanol–water partition coefficient (Wildman–Crippen LogP) is 3.06. The second kappa shape index (κ2) is 6.75. The van der Waals surface area contributed by atoms with E-state index in [4.69, 9.17) is 0 Å². The standard InChI is InChI=1S/C20H23N3O2/c24-19(13-16-12-14-7-8-15(16)11-14)21-22-20(25)17-5-1-2-6-18(17)23-9-3-4-10-23/h1-6,9-10,14-16H,7-8,11-13H2,(H,21,24)(H,22,25)/t14-,15-,16-/m1/s1. The van der Waals surface area contributed by atoms with Crippen molar-refractivity contribution in [2.75, 3.05) is 0 Å². The van der Waals surface area contributed by atoms with Crippen LogP contribution in [-0.4, -0.2) is 16.4 Å². The number of fused-ring (bicyclic) bond motifs is 2. The average Bonchev–Trinajstić information content (AvgIpc) is 3.37. The van der Waals surface area contributed by atoms with Crippen LogP contribution in [0.3, 0.4) is 0 Å². The molecule has 4 rings (SSSR count). The maximum absolute atomic E-state index is 12.5. The fourth-order valence-electron chi connectivity index (χ4n) is 4.50. The molecule has 3 atom stereocenters. The van der Waals surface area contributed by atoms with Crippen LogP contribution in [0.1, 0.15) is 42.5 Å². The number of para-hydroxylation sites is 1. The number of amides is 2. The van der Waals surface area contributed by atoms with Gasteiger partial charge in [0.15, 0.2) is 0 Å². The van der Waals surface area contributed by atoms with Crippen molar-refractivity contribution in [3.8, 4) is 5.69 Å². The van der Waals surface area contributed by atoms with Crippen molar-refractivity contribution >= 4 is 11.8 Å². The Labute approximate surface area is 147 Å². The number of hydrogen-bond donors (Lipinski definition) is 2. The molecule has 5 heteroatoms. The molecule has 2 aliphatic carbocycles. The lowest BCUT2D eigenvalue weighted by molar-refractivity contribution is -0.123. The Morgan fingerprint density at radius 3 is 2.52 bits per heavy atom. The van der Waals surface area contributed by atoms with E-state index >= 15 is 0 Å². The summed E-state index contributed by atoms with van der Waals surface area (Å²) in [6.07, 6.45) is 9.34. The van der Waals surface area contributed by atoms with Crippen molar-refractivity contribution in [3.05, 3.63) is 54.4 Å². The van der Waals surface area contributed by atoms with Gasteiger partial charge in [-0.3, -0.25) is 20.4 Å². The molecule has 1 aromatic heterocycles. The quantitative estimate of drug-likeness (QED) is 0.842. The van der Waals surface area contributed by atoms with Gasteiger partial charge in [-0.15, -0.1) is 0 Å². The molecule has 2 N–H and O–H groups in total. The lowest BCUT2D eigenvalue weighted by Gasteiger charge is -2.21.